The van der Waals surface area contributed by atoms with Gasteiger partial charge < -0.3 is 16.0 Å². The molecule has 0 aromatic heterocycles. The lowest BCUT2D eigenvalue weighted by atomic mass is 9.78. The second-order valence-corrected chi connectivity index (χ2v) is 13.3. The van der Waals surface area contributed by atoms with E-state index in [1.807, 2.05) is 0 Å². The van der Waals surface area contributed by atoms with E-state index in [2.05, 4.69) is 57.5 Å². The Kier molecular flexibility index (Phi) is 9.77. The molecule has 3 amide bonds. The molecule has 1 aromatic carbocycles. The summed E-state index contributed by atoms with van der Waals surface area (Å²) in [5.74, 6) is 2.23. The van der Waals surface area contributed by atoms with E-state index in [0.29, 0.717) is 52.2 Å². The number of rotatable bonds is 6. The van der Waals surface area contributed by atoms with Gasteiger partial charge in [0.15, 0.2) is 0 Å². The fraction of sp³-hybridized carbons (Fsp3) is 0.727. The monoisotopic (exact) mass is 537 g/mol. The van der Waals surface area contributed by atoms with Crippen molar-refractivity contribution in [2.24, 2.45) is 35.5 Å². The number of nitrogens with one attached hydrogen (secondary N) is 3. The van der Waals surface area contributed by atoms with Crippen molar-refractivity contribution in [2.45, 2.75) is 117 Å². The lowest BCUT2D eigenvalue weighted by Crippen LogP contribution is -2.45. The van der Waals surface area contributed by atoms with Crippen LogP contribution in [0.25, 0.3) is 0 Å². The number of hydrogen-bond acceptors (Lipinski definition) is 3. The van der Waals surface area contributed by atoms with Crippen molar-refractivity contribution in [3.05, 3.63) is 34.9 Å². The molecule has 0 aliphatic heterocycles. The van der Waals surface area contributed by atoms with Crippen molar-refractivity contribution in [3.8, 4) is 0 Å². The van der Waals surface area contributed by atoms with Crippen LogP contribution in [-0.4, -0.2) is 35.8 Å². The lowest BCUT2D eigenvalue weighted by Gasteiger charge is -2.35. The molecule has 6 heteroatoms. The van der Waals surface area contributed by atoms with Gasteiger partial charge in [-0.1, -0.05) is 80.1 Å². The molecule has 1 aromatic rings. The van der Waals surface area contributed by atoms with Crippen molar-refractivity contribution in [3.63, 3.8) is 0 Å². The quantitative estimate of drug-likeness (QED) is 0.395. The molecule has 6 nitrogen and oxygen atoms in total. The van der Waals surface area contributed by atoms with Gasteiger partial charge in [-0.05, 0) is 73.0 Å². The van der Waals surface area contributed by atoms with Crippen LogP contribution in [0.1, 0.15) is 130 Å². The Labute approximate surface area is 235 Å². The van der Waals surface area contributed by atoms with E-state index >= 15 is 0 Å². The first-order valence-electron chi connectivity index (χ1n) is 15.6. The van der Waals surface area contributed by atoms with Gasteiger partial charge in [-0.3, -0.25) is 14.4 Å². The van der Waals surface area contributed by atoms with Gasteiger partial charge in [0.05, 0.1) is 0 Å². The highest BCUT2D eigenvalue weighted by Crippen LogP contribution is 2.32. The maximum atomic E-state index is 13.5. The zero-order valence-electron chi connectivity index (χ0n) is 25.0. The van der Waals surface area contributed by atoms with Gasteiger partial charge >= 0.3 is 0 Å². The van der Waals surface area contributed by atoms with Gasteiger partial charge in [-0.15, -0.1) is 0 Å². The molecular formula is C33H51N3O3. The molecule has 3 fully saturated rings. The van der Waals surface area contributed by atoms with E-state index < -0.39 is 0 Å². The summed E-state index contributed by atoms with van der Waals surface area (Å²) in [5, 5.41) is 9.70. The third-order valence-electron chi connectivity index (χ3n) is 10.8. The Bertz CT molecular complexity index is 898. The summed E-state index contributed by atoms with van der Waals surface area (Å²) in [6.07, 6.45) is 9.73. The van der Waals surface area contributed by atoms with E-state index in [4.69, 9.17) is 0 Å². The molecule has 9 atom stereocenters. The normalized spacial score (nSPS) is 35.1. The zero-order valence-corrected chi connectivity index (χ0v) is 25.0. The van der Waals surface area contributed by atoms with Crippen LogP contribution in [0.15, 0.2) is 18.2 Å². The molecule has 3 aliphatic rings. The highest BCUT2D eigenvalue weighted by Gasteiger charge is 2.32. The zero-order chi connectivity index (χ0) is 28.3. The van der Waals surface area contributed by atoms with Crippen LogP contribution in [-0.2, 0) is 0 Å². The van der Waals surface area contributed by atoms with Gasteiger partial charge in [0, 0.05) is 34.8 Å². The number of benzene rings is 1. The minimum absolute atomic E-state index is 0.102. The Morgan fingerprint density at radius 2 is 0.744 bits per heavy atom. The number of amides is 3. The Morgan fingerprint density at radius 1 is 0.487 bits per heavy atom. The van der Waals surface area contributed by atoms with E-state index in [1.54, 1.807) is 18.2 Å². The van der Waals surface area contributed by atoms with E-state index in [9.17, 15) is 14.4 Å². The summed E-state index contributed by atoms with van der Waals surface area (Å²) in [6, 6.07) is 5.31. The maximum absolute atomic E-state index is 13.5. The molecule has 3 saturated carbocycles. The first-order chi connectivity index (χ1) is 18.5. The van der Waals surface area contributed by atoms with Crippen molar-refractivity contribution in [1.82, 2.24) is 16.0 Å². The second kappa shape index (κ2) is 12.9. The van der Waals surface area contributed by atoms with E-state index in [-0.39, 0.29) is 35.8 Å². The summed E-state index contributed by atoms with van der Waals surface area (Å²) < 4.78 is 0. The fourth-order valence-corrected chi connectivity index (χ4v) is 7.13. The SMILES string of the molecule is CC1CCCC(NC(=O)c2cc(C(=O)NC3CCCC(C)C3C)cc(C(=O)NC3CCCC(C)C3C)c2)C1C. The fourth-order valence-electron chi connectivity index (χ4n) is 7.13. The predicted octanol–water partition coefficient (Wildman–Crippen LogP) is 6.35. The summed E-state index contributed by atoms with van der Waals surface area (Å²) >= 11 is 0. The standard InChI is InChI=1S/C33H51N3O3/c1-19-10-7-13-28(22(19)4)34-31(37)25-16-26(32(38)35-29-14-8-11-20(2)23(29)5)18-27(17-25)33(39)36-30-15-9-12-21(3)24(30)6/h16-24,28-30H,7-15H2,1-6H3,(H,34,37)(H,35,38)(H,36,39). The van der Waals surface area contributed by atoms with Gasteiger partial charge in [-0.25, -0.2) is 0 Å². The van der Waals surface area contributed by atoms with Crippen LogP contribution in [0.3, 0.4) is 0 Å². The predicted molar refractivity (Wildman–Crippen MR) is 157 cm³/mol. The molecule has 9 unspecified atom stereocenters. The van der Waals surface area contributed by atoms with Crippen LogP contribution >= 0.6 is 0 Å². The van der Waals surface area contributed by atoms with Crippen LogP contribution in [0.2, 0.25) is 0 Å². The van der Waals surface area contributed by atoms with E-state index in [0.717, 1.165) is 38.5 Å². The minimum Gasteiger partial charge on any atom is -0.349 e. The van der Waals surface area contributed by atoms with Crippen LogP contribution < -0.4 is 16.0 Å². The van der Waals surface area contributed by atoms with Gasteiger partial charge in [0.25, 0.3) is 17.7 Å². The third kappa shape index (κ3) is 7.05. The van der Waals surface area contributed by atoms with Gasteiger partial charge in [0.1, 0.15) is 0 Å². The first-order valence-corrected chi connectivity index (χ1v) is 15.6. The highest BCUT2D eigenvalue weighted by molar-refractivity contribution is 6.04. The summed E-state index contributed by atoms with van der Waals surface area (Å²) in [6.45, 7) is 13.4. The molecular weight excluding hydrogens is 486 g/mol. The average molecular weight is 538 g/mol. The second-order valence-electron chi connectivity index (χ2n) is 13.3. The third-order valence-corrected chi connectivity index (χ3v) is 10.8. The molecule has 0 radical (unpaired) electrons. The lowest BCUT2D eigenvalue weighted by molar-refractivity contribution is 0.0890. The molecule has 3 N–H and O–H groups in total. The molecule has 39 heavy (non-hydrogen) atoms. The molecule has 4 rings (SSSR count). The molecule has 3 aliphatic carbocycles. The number of hydrogen-bond donors (Lipinski definition) is 3. The summed E-state index contributed by atoms with van der Waals surface area (Å²) in [7, 11) is 0. The molecule has 0 heterocycles. The average Bonchev–Trinajstić information content (AvgIpc) is 2.91. The van der Waals surface area contributed by atoms with Crippen molar-refractivity contribution < 1.29 is 14.4 Å². The van der Waals surface area contributed by atoms with Gasteiger partial charge in [0.2, 0.25) is 0 Å². The maximum Gasteiger partial charge on any atom is 0.251 e. The van der Waals surface area contributed by atoms with Crippen LogP contribution in [0, 0.1) is 35.5 Å². The summed E-state index contributed by atoms with van der Waals surface area (Å²) in [5.41, 5.74) is 1.15. The molecule has 0 spiro atoms. The Balaban J connectivity index is 1.58. The van der Waals surface area contributed by atoms with Crippen molar-refractivity contribution >= 4 is 17.7 Å². The Hall–Kier alpha value is -2.37. The first kappa shape index (κ1) is 29.6. The Morgan fingerprint density at radius 3 is 1.00 bits per heavy atom. The van der Waals surface area contributed by atoms with E-state index in [1.165, 1.54) is 19.3 Å². The number of carbonyl (C=O) groups is 3. The topological polar surface area (TPSA) is 87.3 Å². The summed E-state index contributed by atoms with van der Waals surface area (Å²) in [4.78, 5) is 40.5. The van der Waals surface area contributed by atoms with Crippen LogP contribution in [0.5, 0.6) is 0 Å². The molecule has 0 bridgehead atoms. The van der Waals surface area contributed by atoms with Crippen molar-refractivity contribution in [1.29, 1.82) is 0 Å². The van der Waals surface area contributed by atoms with Crippen LogP contribution in [0.4, 0.5) is 0 Å². The minimum atomic E-state index is -0.205. The molecule has 0 saturated heterocycles. The number of carbonyl (C=O) groups excluding carboxylic acids is 3. The highest BCUT2D eigenvalue weighted by atomic mass is 16.2. The van der Waals surface area contributed by atoms with Crippen molar-refractivity contribution in [2.75, 3.05) is 0 Å². The smallest absolute Gasteiger partial charge is 0.251 e. The largest absolute Gasteiger partial charge is 0.349 e. The van der Waals surface area contributed by atoms with Gasteiger partial charge in [-0.2, -0.15) is 0 Å². The molecule has 216 valence electrons.